The molecule has 2 aromatic rings. The van der Waals surface area contributed by atoms with Crippen LogP contribution in [0.5, 0.6) is 5.75 Å². The first-order valence-electron chi connectivity index (χ1n) is 5.22. The van der Waals surface area contributed by atoms with Gasteiger partial charge in [0.05, 0.1) is 10.2 Å². The van der Waals surface area contributed by atoms with Gasteiger partial charge in [0, 0.05) is 11.6 Å². The van der Waals surface area contributed by atoms with Crippen LogP contribution in [0, 0.1) is 5.82 Å². The fraction of sp³-hybridized carbons (Fsp3) is 0.0769. The molecule has 0 radical (unpaired) electrons. The van der Waals surface area contributed by atoms with Gasteiger partial charge in [0.15, 0.2) is 0 Å². The van der Waals surface area contributed by atoms with Gasteiger partial charge in [-0.3, -0.25) is 0 Å². The molecule has 2 rings (SSSR count). The van der Waals surface area contributed by atoms with Crippen LogP contribution in [0.1, 0.15) is 5.56 Å². The van der Waals surface area contributed by atoms with Crippen LogP contribution in [0.4, 0.5) is 10.1 Å². The van der Waals surface area contributed by atoms with Crippen molar-refractivity contribution in [2.45, 2.75) is 6.54 Å². The van der Waals surface area contributed by atoms with E-state index in [1.165, 1.54) is 6.07 Å². The van der Waals surface area contributed by atoms with E-state index in [0.717, 1.165) is 5.56 Å². The number of rotatable bonds is 3. The van der Waals surface area contributed by atoms with E-state index in [9.17, 15) is 9.50 Å². The summed E-state index contributed by atoms with van der Waals surface area (Å²) in [5.74, 6) is -0.211. The van der Waals surface area contributed by atoms with E-state index in [1.54, 1.807) is 30.3 Å². The Morgan fingerprint density at radius 1 is 1.22 bits per heavy atom. The van der Waals surface area contributed by atoms with Crippen molar-refractivity contribution in [1.29, 1.82) is 0 Å². The monoisotopic (exact) mass is 329 g/mol. The normalized spacial score (nSPS) is 10.4. The summed E-state index contributed by atoms with van der Waals surface area (Å²) >= 11 is 8.90. The number of benzene rings is 2. The van der Waals surface area contributed by atoms with Gasteiger partial charge in [-0.05, 0) is 51.8 Å². The predicted molar refractivity (Wildman–Crippen MR) is 74.5 cm³/mol. The molecule has 0 spiro atoms. The van der Waals surface area contributed by atoms with Crippen LogP contribution in [-0.2, 0) is 6.54 Å². The van der Waals surface area contributed by atoms with Crippen molar-refractivity contribution in [3.05, 3.63) is 57.3 Å². The van der Waals surface area contributed by atoms with Gasteiger partial charge >= 0.3 is 0 Å². The van der Waals surface area contributed by atoms with Crippen LogP contribution in [0.25, 0.3) is 0 Å². The van der Waals surface area contributed by atoms with E-state index in [0.29, 0.717) is 21.7 Å². The molecule has 0 aliphatic carbocycles. The van der Waals surface area contributed by atoms with Crippen LogP contribution in [0.15, 0.2) is 40.9 Å². The molecular formula is C13H10BrClFNO. The summed E-state index contributed by atoms with van der Waals surface area (Å²) in [5, 5.41) is 12.7. The van der Waals surface area contributed by atoms with Crippen molar-refractivity contribution >= 4 is 33.2 Å². The van der Waals surface area contributed by atoms with Crippen molar-refractivity contribution < 1.29 is 9.50 Å². The van der Waals surface area contributed by atoms with E-state index >= 15 is 0 Å². The van der Waals surface area contributed by atoms with Gasteiger partial charge in [-0.1, -0.05) is 17.7 Å². The molecule has 0 atom stereocenters. The number of phenolic OH excluding ortho intramolecular Hbond substituents is 1. The summed E-state index contributed by atoms with van der Waals surface area (Å²) in [6.45, 7) is 0.456. The molecule has 0 fully saturated rings. The van der Waals surface area contributed by atoms with E-state index in [2.05, 4.69) is 21.2 Å². The first-order valence-corrected chi connectivity index (χ1v) is 6.39. The van der Waals surface area contributed by atoms with Gasteiger partial charge in [-0.15, -0.1) is 0 Å². The minimum atomic E-state index is -0.389. The molecule has 0 saturated heterocycles. The van der Waals surface area contributed by atoms with Crippen LogP contribution < -0.4 is 5.32 Å². The summed E-state index contributed by atoms with van der Waals surface area (Å²) in [7, 11) is 0. The van der Waals surface area contributed by atoms with Gasteiger partial charge < -0.3 is 10.4 Å². The highest BCUT2D eigenvalue weighted by Crippen LogP contribution is 2.25. The van der Waals surface area contributed by atoms with Crippen molar-refractivity contribution in [1.82, 2.24) is 0 Å². The van der Waals surface area contributed by atoms with Gasteiger partial charge in [0.2, 0.25) is 0 Å². The molecule has 2 N–H and O–H groups in total. The second kappa shape index (κ2) is 5.59. The lowest BCUT2D eigenvalue weighted by atomic mass is 10.2. The lowest BCUT2D eigenvalue weighted by Crippen LogP contribution is -2.01. The third kappa shape index (κ3) is 3.15. The third-order valence-corrected chi connectivity index (χ3v) is 3.30. The van der Waals surface area contributed by atoms with Crippen LogP contribution in [-0.4, -0.2) is 5.11 Å². The Kier molecular flexibility index (Phi) is 4.09. The Labute approximate surface area is 118 Å². The number of anilines is 1. The first-order chi connectivity index (χ1) is 8.56. The fourth-order valence-corrected chi connectivity index (χ4v) is 2.08. The van der Waals surface area contributed by atoms with Gasteiger partial charge in [0.25, 0.3) is 0 Å². The van der Waals surface area contributed by atoms with Gasteiger partial charge in [-0.25, -0.2) is 4.39 Å². The highest BCUT2D eigenvalue weighted by Gasteiger charge is 2.04. The second-order valence-electron chi connectivity index (χ2n) is 3.76. The molecule has 94 valence electrons. The fourth-order valence-electron chi connectivity index (χ4n) is 1.49. The standard InChI is InChI=1S/C13H10BrClFNO/c14-10-5-8(1-4-13(10)18)7-17-12-3-2-9(15)6-11(12)16/h1-6,17-18H,7H2. The smallest absolute Gasteiger partial charge is 0.147 e. The van der Waals surface area contributed by atoms with E-state index in [-0.39, 0.29) is 11.6 Å². The maximum Gasteiger partial charge on any atom is 0.147 e. The lowest BCUT2D eigenvalue weighted by molar-refractivity contribution is 0.471. The van der Waals surface area contributed by atoms with Crippen molar-refractivity contribution in [2.75, 3.05) is 5.32 Å². The van der Waals surface area contributed by atoms with Crippen LogP contribution >= 0.6 is 27.5 Å². The van der Waals surface area contributed by atoms with Crippen molar-refractivity contribution in [2.24, 2.45) is 0 Å². The van der Waals surface area contributed by atoms with E-state index in [4.69, 9.17) is 11.6 Å². The quantitative estimate of drug-likeness (QED) is 0.864. The van der Waals surface area contributed by atoms with Crippen LogP contribution in [0.2, 0.25) is 5.02 Å². The van der Waals surface area contributed by atoms with Crippen molar-refractivity contribution in [3.63, 3.8) is 0 Å². The number of nitrogens with one attached hydrogen (secondary N) is 1. The Morgan fingerprint density at radius 2 is 2.00 bits per heavy atom. The topological polar surface area (TPSA) is 32.3 Å². The summed E-state index contributed by atoms with van der Waals surface area (Å²) in [6, 6.07) is 9.60. The maximum atomic E-state index is 13.5. The van der Waals surface area contributed by atoms with Gasteiger partial charge in [0.1, 0.15) is 11.6 Å². The molecule has 18 heavy (non-hydrogen) atoms. The number of hydrogen-bond donors (Lipinski definition) is 2. The zero-order valence-electron chi connectivity index (χ0n) is 9.25. The molecular weight excluding hydrogens is 321 g/mol. The molecule has 0 aliphatic heterocycles. The van der Waals surface area contributed by atoms with Crippen molar-refractivity contribution in [3.8, 4) is 5.75 Å². The predicted octanol–water partition coefficient (Wildman–Crippen LogP) is 4.56. The number of phenols is 1. The maximum absolute atomic E-state index is 13.5. The highest BCUT2D eigenvalue weighted by atomic mass is 79.9. The Balaban J connectivity index is 2.09. The second-order valence-corrected chi connectivity index (χ2v) is 5.05. The molecule has 0 saturated carbocycles. The zero-order valence-corrected chi connectivity index (χ0v) is 11.6. The molecule has 0 bridgehead atoms. The molecule has 0 aromatic heterocycles. The average Bonchev–Trinajstić information content (AvgIpc) is 2.32. The molecule has 0 heterocycles. The molecule has 2 aromatic carbocycles. The summed E-state index contributed by atoms with van der Waals surface area (Å²) < 4.78 is 14.1. The number of halogens is 3. The van der Waals surface area contributed by atoms with E-state index < -0.39 is 0 Å². The third-order valence-electron chi connectivity index (χ3n) is 2.43. The van der Waals surface area contributed by atoms with Gasteiger partial charge in [-0.2, -0.15) is 0 Å². The largest absolute Gasteiger partial charge is 0.507 e. The molecule has 0 aliphatic rings. The minimum Gasteiger partial charge on any atom is -0.507 e. The minimum absolute atomic E-state index is 0.177. The summed E-state index contributed by atoms with van der Waals surface area (Å²) in [4.78, 5) is 0. The lowest BCUT2D eigenvalue weighted by Gasteiger charge is -2.08. The average molecular weight is 331 g/mol. The molecule has 0 amide bonds. The number of hydrogen-bond acceptors (Lipinski definition) is 2. The van der Waals surface area contributed by atoms with E-state index in [1.807, 2.05) is 0 Å². The SMILES string of the molecule is Oc1ccc(CNc2ccc(Cl)cc2F)cc1Br. The number of aromatic hydroxyl groups is 1. The molecule has 2 nitrogen and oxygen atoms in total. The molecule has 5 heteroatoms. The zero-order chi connectivity index (χ0) is 13.1. The Bertz CT molecular complexity index is 577. The molecule has 0 unspecified atom stereocenters. The Hall–Kier alpha value is -1.26. The first kappa shape index (κ1) is 13.2. The van der Waals surface area contributed by atoms with Crippen LogP contribution in [0.3, 0.4) is 0 Å². The highest BCUT2D eigenvalue weighted by molar-refractivity contribution is 9.10. The summed E-state index contributed by atoms with van der Waals surface area (Å²) in [5.41, 5.74) is 1.32. The Morgan fingerprint density at radius 3 is 2.67 bits per heavy atom. The summed E-state index contributed by atoms with van der Waals surface area (Å²) in [6.07, 6.45) is 0.